The van der Waals surface area contributed by atoms with Crippen LogP contribution in [0.2, 0.25) is 0 Å². The van der Waals surface area contributed by atoms with E-state index in [1.165, 1.54) is 32.7 Å². The number of phosphoric acid groups is 1. The Morgan fingerprint density at radius 1 is 0.482 bits per heavy atom. The number of rotatable bonds is 9. The quantitative estimate of drug-likeness (QED) is 0.150. The van der Waals surface area contributed by atoms with E-state index in [9.17, 15) is 15.3 Å². The van der Waals surface area contributed by atoms with Crippen LogP contribution in [0.3, 0.4) is 0 Å². The summed E-state index contributed by atoms with van der Waals surface area (Å²) in [6.07, 6.45) is -1.27. The molecule has 6 aromatic rings. The summed E-state index contributed by atoms with van der Waals surface area (Å²) >= 11 is 0. The van der Waals surface area contributed by atoms with Gasteiger partial charge in [0.2, 0.25) is 0 Å². The lowest BCUT2D eigenvalue weighted by Gasteiger charge is -2.36. The van der Waals surface area contributed by atoms with Crippen molar-refractivity contribution in [2.75, 3.05) is 83.1 Å². The Morgan fingerprint density at radius 3 is 0.857 bits per heavy atom. The number of aliphatic hydroxyl groups excluding tert-OH is 3. The summed E-state index contributed by atoms with van der Waals surface area (Å²) in [5.74, 6) is 0. The highest BCUT2D eigenvalue weighted by atomic mass is 31.2. The van der Waals surface area contributed by atoms with Gasteiger partial charge in [0.15, 0.2) is 0 Å². The lowest BCUT2D eigenvalue weighted by molar-refractivity contribution is -0.874. The molecule has 0 fully saturated rings. The molecule has 308 valence electrons. The number of fused-ring (bicyclic) bond motifs is 3. The summed E-state index contributed by atoms with van der Waals surface area (Å²) < 4.78 is 17.0. The van der Waals surface area contributed by atoms with E-state index in [2.05, 4.69) is 132 Å². The number of benzene rings is 3. The van der Waals surface area contributed by atoms with Crippen molar-refractivity contribution >= 4 is 40.5 Å². The van der Waals surface area contributed by atoms with Crippen LogP contribution in [0, 0.1) is 0 Å². The molecule has 3 aromatic heterocycles. The lowest BCUT2D eigenvalue weighted by Crippen LogP contribution is -2.38. The summed E-state index contributed by atoms with van der Waals surface area (Å²) in [5.41, 5.74) is 6.46. The third kappa shape index (κ3) is 14.3. The second-order valence-corrected chi connectivity index (χ2v) is 18.4. The van der Waals surface area contributed by atoms with Crippen molar-refractivity contribution in [1.82, 2.24) is 13.7 Å². The van der Waals surface area contributed by atoms with E-state index in [-0.39, 0.29) is 0 Å². The average molecular weight is 795 g/mol. The first kappa shape index (κ1) is 46.5. The van der Waals surface area contributed by atoms with E-state index in [0.717, 1.165) is 30.5 Å². The normalized spacial score (nSPS) is 14.0. The zero-order valence-electron chi connectivity index (χ0n) is 35.1. The lowest BCUT2D eigenvalue weighted by atomic mass is 10.2. The Labute approximate surface area is 332 Å². The fourth-order valence-corrected chi connectivity index (χ4v) is 6.73. The molecule has 0 bridgehead atoms. The maximum absolute atomic E-state index is 10.3. The molecular formula is C42H63N6O7P. The van der Waals surface area contributed by atoms with Crippen molar-refractivity contribution in [3.8, 4) is 0 Å². The molecule has 0 saturated heterocycles. The minimum Gasteiger partial charge on any atom is -0.822 e. The van der Waals surface area contributed by atoms with Crippen molar-refractivity contribution in [3.63, 3.8) is 0 Å². The van der Waals surface area contributed by atoms with Crippen molar-refractivity contribution < 1.29 is 48.0 Å². The SMILES string of the molecule is Cn1c(C(O)C[N+](C)(C)C)cc2ccccc21.Cn1c(C(O)C[N+](C)(C)C)cc2ccccc21.Cn1c(C(O)C[N+](C)(C)C)cc2ccccc21.O=P([O-])([O-])[O-]. The number of para-hydroxylation sites is 3. The van der Waals surface area contributed by atoms with Gasteiger partial charge in [-0.3, -0.25) is 0 Å². The summed E-state index contributed by atoms with van der Waals surface area (Å²) in [6.45, 7) is 2.14. The Morgan fingerprint density at radius 2 is 0.679 bits per heavy atom. The fourth-order valence-electron chi connectivity index (χ4n) is 6.73. The van der Waals surface area contributed by atoms with Crippen LogP contribution in [-0.2, 0) is 25.7 Å². The topological polar surface area (TPSA) is 162 Å². The van der Waals surface area contributed by atoms with Gasteiger partial charge in [-0.15, -0.1) is 0 Å². The molecule has 0 amide bonds. The van der Waals surface area contributed by atoms with Gasteiger partial charge in [0, 0.05) is 37.7 Å². The highest BCUT2D eigenvalue weighted by molar-refractivity contribution is 7.40. The highest BCUT2D eigenvalue weighted by Gasteiger charge is 2.23. The van der Waals surface area contributed by atoms with Crippen LogP contribution in [0.1, 0.15) is 35.4 Å². The smallest absolute Gasteiger partial charge is 0.143 e. The van der Waals surface area contributed by atoms with Crippen molar-refractivity contribution in [1.29, 1.82) is 0 Å². The number of likely N-dealkylation sites (N-methyl/N-ethyl adjacent to an activating group) is 3. The Bertz CT molecular complexity index is 1980. The molecule has 3 heterocycles. The van der Waals surface area contributed by atoms with E-state index in [1.807, 2.05) is 57.5 Å². The van der Waals surface area contributed by atoms with Gasteiger partial charge in [-0.25, -0.2) is 0 Å². The number of aromatic nitrogens is 3. The molecule has 0 spiro atoms. The van der Waals surface area contributed by atoms with Crippen LogP contribution in [0.25, 0.3) is 32.7 Å². The molecule has 0 aliphatic heterocycles. The zero-order valence-corrected chi connectivity index (χ0v) is 36.0. The van der Waals surface area contributed by atoms with E-state index in [0.29, 0.717) is 19.6 Å². The second kappa shape index (κ2) is 18.6. The molecule has 0 aliphatic carbocycles. The zero-order chi connectivity index (χ0) is 42.4. The van der Waals surface area contributed by atoms with Gasteiger partial charge in [0.25, 0.3) is 0 Å². The van der Waals surface area contributed by atoms with Crippen molar-refractivity contribution in [3.05, 3.63) is 108 Å². The fraction of sp³-hybridized carbons (Fsp3) is 0.429. The maximum Gasteiger partial charge on any atom is 0.143 e. The Balaban J connectivity index is 0.000000212. The van der Waals surface area contributed by atoms with Gasteiger partial charge in [-0.2, -0.15) is 7.82 Å². The van der Waals surface area contributed by atoms with Crippen molar-refractivity contribution in [2.24, 2.45) is 21.1 Å². The molecular weight excluding hydrogens is 731 g/mol. The van der Waals surface area contributed by atoms with Crippen LogP contribution < -0.4 is 14.7 Å². The molecule has 3 unspecified atom stereocenters. The van der Waals surface area contributed by atoms with E-state index in [4.69, 9.17) is 19.2 Å². The number of quaternary nitrogens is 3. The van der Waals surface area contributed by atoms with E-state index in [1.54, 1.807) is 0 Å². The molecule has 3 N–H and O–H groups in total. The van der Waals surface area contributed by atoms with Gasteiger partial charge in [0.05, 0.1) is 80.5 Å². The second-order valence-electron chi connectivity index (χ2n) is 17.5. The molecule has 6 rings (SSSR count). The van der Waals surface area contributed by atoms with Crippen molar-refractivity contribution in [2.45, 2.75) is 18.3 Å². The molecule has 56 heavy (non-hydrogen) atoms. The maximum atomic E-state index is 10.3. The molecule has 14 heteroatoms. The highest BCUT2D eigenvalue weighted by Crippen LogP contribution is 2.26. The third-order valence-electron chi connectivity index (χ3n) is 9.15. The van der Waals surface area contributed by atoms with Gasteiger partial charge < -0.3 is 61.7 Å². The molecule has 0 aliphatic rings. The minimum atomic E-state index is -5.39. The molecule has 3 aromatic carbocycles. The first-order valence-electron chi connectivity index (χ1n) is 18.5. The predicted molar refractivity (Wildman–Crippen MR) is 220 cm³/mol. The summed E-state index contributed by atoms with van der Waals surface area (Å²) in [4.78, 5) is 25.6. The number of hydrogen-bond donors (Lipinski definition) is 3. The minimum absolute atomic E-state index is 0.424. The largest absolute Gasteiger partial charge is 0.822 e. The van der Waals surface area contributed by atoms with Crippen LogP contribution in [0.5, 0.6) is 0 Å². The van der Waals surface area contributed by atoms with Crippen LogP contribution in [-0.4, -0.2) is 126 Å². The molecule has 0 saturated carbocycles. The van der Waals surface area contributed by atoms with Crippen LogP contribution in [0.15, 0.2) is 91.0 Å². The summed E-state index contributed by atoms with van der Waals surface area (Å²) in [6, 6.07) is 30.9. The first-order valence-corrected chi connectivity index (χ1v) is 19.9. The van der Waals surface area contributed by atoms with Gasteiger partial charge in [-0.1, -0.05) is 54.6 Å². The molecule has 13 nitrogen and oxygen atoms in total. The summed E-state index contributed by atoms with van der Waals surface area (Å²) in [5, 5.41) is 34.5. The number of hydrogen-bond acceptors (Lipinski definition) is 7. The summed E-state index contributed by atoms with van der Waals surface area (Å²) in [7, 11) is 19.4. The van der Waals surface area contributed by atoms with Gasteiger partial charge in [-0.05, 0) is 52.6 Å². The predicted octanol–water partition coefficient (Wildman–Crippen LogP) is 2.93. The molecule has 0 radical (unpaired) electrons. The molecule has 3 atom stereocenters. The van der Waals surface area contributed by atoms with E-state index >= 15 is 0 Å². The number of aliphatic hydroxyl groups is 3. The monoisotopic (exact) mass is 794 g/mol. The van der Waals surface area contributed by atoms with Gasteiger partial charge in [0.1, 0.15) is 37.9 Å². The standard InChI is InChI=1S/3C14H21N2O.H3O4P/c3*1-15-12-8-6-5-7-11(12)9-13(15)14(17)10-16(2,3)4;1-5(2,3)4/h3*5-9,14,17H,10H2,1-4H3;(H3,1,2,3,4)/q3*+1;/p-3. The number of aryl methyl sites for hydroxylation is 3. The van der Waals surface area contributed by atoms with E-state index < -0.39 is 26.1 Å². The number of nitrogens with zero attached hydrogens (tertiary/aromatic N) is 6. The average Bonchev–Trinajstić information content (AvgIpc) is 3.70. The van der Waals surface area contributed by atoms with Gasteiger partial charge >= 0.3 is 0 Å². The van der Waals surface area contributed by atoms with Crippen LogP contribution >= 0.6 is 7.82 Å². The Hall–Kier alpha value is -3.85. The Kier molecular flexibility index (Phi) is 15.5. The first-order chi connectivity index (χ1) is 25.6. The van der Waals surface area contributed by atoms with Crippen LogP contribution in [0.4, 0.5) is 0 Å². The third-order valence-corrected chi connectivity index (χ3v) is 9.15.